The number of aromatic nitrogens is 2. The van der Waals surface area contributed by atoms with E-state index in [1.807, 2.05) is 42.5 Å². The van der Waals surface area contributed by atoms with Gasteiger partial charge in [-0.15, -0.1) is 0 Å². The molecule has 0 bridgehead atoms. The first-order valence-electron chi connectivity index (χ1n) is 5.87. The van der Waals surface area contributed by atoms with Gasteiger partial charge in [0, 0.05) is 5.39 Å². The molecule has 0 N–H and O–H groups in total. The molecule has 0 radical (unpaired) electrons. The highest BCUT2D eigenvalue weighted by Gasteiger charge is 2.02. The fourth-order valence-electron chi connectivity index (χ4n) is 1.83. The van der Waals surface area contributed by atoms with Gasteiger partial charge in [0.25, 0.3) is 0 Å². The Morgan fingerprint density at radius 1 is 1.11 bits per heavy atom. The van der Waals surface area contributed by atoms with Crippen LogP contribution in [0.25, 0.3) is 23.1 Å². The van der Waals surface area contributed by atoms with E-state index in [4.69, 9.17) is 9.15 Å². The lowest BCUT2D eigenvalue weighted by Crippen LogP contribution is -1.79. The number of nitrogens with zero attached hydrogens (tertiary/aromatic N) is 2. The summed E-state index contributed by atoms with van der Waals surface area (Å²) in [4.78, 5) is 0. The minimum absolute atomic E-state index is 0.792. The highest BCUT2D eigenvalue weighted by Crippen LogP contribution is 2.25. The first-order chi connectivity index (χ1) is 9.35. The predicted molar refractivity (Wildman–Crippen MR) is 73.7 cm³/mol. The highest BCUT2D eigenvalue weighted by molar-refractivity contribution is 5.82. The van der Waals surface area contributed by atoms with E-state index in [9.17, 15) is 0 Å². The van der Waals surface area contributed by atoms with Gasteiger partial charge >= 0.3 is 0 Å². The van der Waals surface area contributed by atoms with Crippen molar-refractivity contribution in [1.82, 2.24) is 10.2 Å². The van der Waals surface area contributed by atoms with Gasteiger partial charge in [0.2, 0.25) is 0 Å². The van der Waals surface area contributed by atoms with Crippen LogP contribution in [0.15, 0.2) is 47.1 Å². The first-order valence-corrected chi connectivity index (χ1v) is 5.87. The van der Waals surface area contributed by atoms with Crippen LogP contribution in [0.2, 0.25) is 0 Å². The molecule has 2 aromatic heterocycles. The van der Waals surface area contributed by atoms with Gasteiger partial charge in [-0.1, -0.05) is 0 Å². The van der Waals surface area contributed by atoms with Crippen LogP contribution in [0.1, 0.15) is 11.3 Å². The van der Waals surface area contributed by atoms with Crippen molar-refractivity contribution in [3.8, 4) is 5.75 Å². The molecule has 94 valence electrons. The van der Waals surface area contributed by atoms with Gasteiger partial charge in [-0.25, -0.2) is 0 Å². The number of methoxy groups -OCH3 is 1. The number of ether oxygens (including phenoxy) is 1. The van der Waals surface area contributed by atoms with Crippen LogP contribution in [0.4, 0.5) is 0 Å². The summed E-state index contributed by atoms with van der Waals surface area (Å²) in [7, 11) is 1.65. The topological polar surface area (TPSA) is 48.2 Å². The maximum absolute atomic E-state index is 5.71. The zero-order chi connectivity index (χ0) is 13.1. The molecule has 0 aliphatic rings. The lowest BCUT2D eigenvalue weighted by atomic mass is 10.2. The number of furan rings is 1. The van der Waals surface area contributed by atoms with Crippen LogP contribution in [0.3, 0.4) is 0 Å². The zero-order valence-electron chi connectivity index (χ0n) is 10.4. The van der Waals surface area contributed by atoms with Crippen molar-refractivity contribution in [3.05, 3.63) is 54.0 Å². The molecule has 3 aromatic rings. The van der Waals surface area contributed by atoms with Crippen molar-refractivity contribution in [2.75, 3.05) is 7.11 Å². The summed E-state index contributed by atoms with van der Waals surface area (Å²) < 4.78 is 10.9. The third kappa shape index (κ3) is 2.47. The molecule has 1 aromatic carbocycles. The van der Waals surface area contributed by atoms with Gasteiger partial charge < -0.3 is 9.15 Å². The van der Waals surface area contributed by atoms with Crippen molar-refractivity contribution in [2.45, 2.75) is 0 Å². The van der Waals surface area contributed by atoms with E-state index >= 15 is 0 Å². The summed E-state index contributed by atoms with van der Waals surface area (Å²) in [6.45, 7) is 0. The van der Waals surface area contributed by atoms with Crippen LogP contribution >= 0.6 is 0 Å². The Kier molecular flexibility index (Phi) is 2.98. The smallest absolute Gasteiger partial charge is 0.135 e. The molecular weight excluding hydrogens is 240 g/mol. The molecule has 0 fully saturated rings. The molecule has 0 spiro atoms. The molecule has 3 rings (SSSR count). The maximum Gasteiger partial charge on any atom is 0.135 e. The van der Waals surface area contributed by atoms with Gasteiger partial charge in [-0.05, 0) is 48.0 Å². The second-order valence-electron chi connectivity index (χ2n) is 4.06. The van der Waals surface area contributed by atoms with Gasteiger partial charge in [0.05, 0.1) is 19.5 Å². The molecule has 0 aliphatic carbocycles. The van der Waals surface area contributed by atoms with Crippen molar-refractivity contribution in [2.24, 2.45) is 0 Å². The summed E-state index contributed by atoms with van der Waals surface area (Å²) >= 11 is 0. The quantitative estimate of drug-likeness (QED) is 0.716. The predicted octanol–water partition coefficient (Wildman–Crippen LogP) is 3.40. The summed E-state index contributed by atoms with van der Waals surface area (Å²) in [5.74, 6) is 1.61. The highest BCUT2D eigenvalue weighted by atomic mass is 16.5. The molecule has 0 unspecified atom stereocenters. The van der Waals surface area contributed by atoms with E-state index in [0.29, 0.717) is 0 Å². The van der Waals surface area contributed by atoms with E-state index in [2.05, 4.69) is 10.2 Å². The number of hydrogen-bond donors (Lipinski definition) is 0. The Labute approximate surface area is 110 Å². The number of hydrogen-bond acceptors (Lipinski definition) is 4. The van der Waals surface area contributed by atoms with Crippen molar-refractivity contribution in [3.63, 3.8) is 0 Å². The molecule has 4 nitrogen and oxygen atoms in total. The SMILES string of the molecule is COc1ccc2oc(/C=C/c3ccnnc3)cc2c1. The third-order valence-corrected chi connectivity index (χ3v) is 2.79. The number of fused-ring (bicyclic) bond motifs is 1. The van der Waals surface area contributed by atoms with E-state index in [-0.39, 0.29) is 0 Å². The zero-order valence-corrected chi connectivity index (χ0v) is 10.4. The Morgan fingerprint density at radius 2 is 2.05 bits per heavy atom. The Balaban J connectivity index is 1.91. The van der Waals surface area contributed by atoms with Crippen LogP contribution in [-0.2, 0) is 0 Å². The molecule has 0 amide bonds. The Bertz CT molecular complexity index is 717. The normalized spacial score (nSPS) is 11.2. The molecule has 2 heterocycles. The van der Waals surface area contributed by atoms with Crippen LogP contribution in [-0.4, -0.2) is 17.3 Å². The standard InChI is InChI=1S/C15H12N2O2/c1-18-13-4-5-15-12(8-13)9-14(19-15)3-2-11-6-7-16-17-10-11/h2-10H,1H3/b3-2+. The lowest BCUT2D eigenvalue weighted by molar-refractivity contribution is 0.415. The number of rotatable bonds is 3. The fraction of sp³-hybridized carbons (Fsp3) is 0.0667. The second-order valence-corrected chi connectivity index (χ2v) is 4.06. The van der Waals surface area contributed by atoms with Gasteiger partial charge in [0.15, 0.2) is 0 Å². The van der Waals surface area contributed by atoms with Crippen LogP contribution in [0, 0.1) is 0 Å². The Morgan fingerprint density at radius 3 is 2.84 bits per heavy atom. The van der Waals surface area contributed by atoms with Crippen molar-refractivity contribution in [1.29, 1.82) is 0 Å². The van der Waals surface area contributed by atoms with E-state index in [1.165, 1.54) is 0 Å². The largest absolute Gasteiger partial charge is 0.497 e. The van der Waals surface area contributed by atoms with Gasteiger partial charge in [0.1, 0.15) is 17.1 Å². The van der Waals surface area contributed by atoms with E-state index in [1.54, 1.807) is 19.5 Å². The molecule has 0 saturated carbocycles. The first kappa shape index (κ1) is 11.5. The second kappa shape index (κ2) is 4.94. The molecule has 4 heteroatoms. The molecule has 0 aliphatic heterocycles. The molecule has 19 heavy (non-hydrogen) atoms. The summed E-state index contributed by atoms with van der Waals surface area (Å²) in [5.41, 5.74) is 1.82. The fourth-order valence-corrected chi connectivity index (χ4v) is 1.83. The van der Waals surface area contributed by atoms with Gasteiger partial charge in [-0.3, -0.25) is 0 Å². The average Bonchev–Trinajstić information content (AvgIpc) is 2.88. The lowest BCUT2D eigenvalue weighted by Gasteiger charge is -1.96. The average molecular weight is 252 g/mol. The molecular formula is C15H12N2O2. The Hall–Kier alpha value is -2.62. The van der Waals surface area contributed by atoms with Gasteiger partial charge in [-0.2, -0.15) is 10.2 Å². The number of benzene rings is 1. The third-order valence-electron chi connectivity index (χ3n) is 2.79. The van der Waals surface area contributed by atoms with E-state index < -0.39 is 0 Å². The van der Waals surface area contributed by atoms with Crippen molar-refractivity contribution < 1.29 is 9.15 Å². The summed E-state index contributed by atoms with van der Waals surface area (Å²) in [6.07, 6.45) is 7.19. The van der Waals surface area contributed by atoms with Crippen LogP contribution < -0.4 is 4.74 Å². The minimum Gasteiger partial charge on any atom is -0.497 e. The van der Waals surface area contributed by atoms with Crippen LogP contribution in [0.5, 0.6) is 5.75 Å². The van der Waals surface area contributed by atoms with E-state index in [0.717, 1.165) is 28.0 Å². The maximum atomic E-state index is 5.71. The summed E-state index contributed by atoms with van der Waals surface area (Å²) in [5, 5.41) is 8.57. The summed E-state index contributed by atoms with van der Waals surface area (Å²) in [6, 6.07) is 9.59. The minimum atomic E-state index is 0.792. The molecule has 0 saturated heterocycles. The van der Waals surface area contributed by atoms with Crippen molar-refractivity contribution >= 4 is 23.1 Å². The monoisotopic (exact) mass is 252 g/mol. The molecule has 0 atom stereocenters.